The van der Waals surface area contributed by atoms with E-state index in [2.05, 4.69) is 23.1 Å². The van der Waals surface area contributed by atoms with Crippen LogP contribution < -0.4 is 4.90 Å². The summed E-state index contributed by atoms with van der Waals surface area (Å²) in [4.78, 5) is 29.6. The molecule has 150 valence electrons. The zero-order valence-electron chi connectivity index (χ0n) is 16.6. The van der Waals surface area contributed by atoms with Crippen LogP contribution in [0.2, 0.25) is 0 Å². The summed E-state index contributed by atoms with van der Waals surface area (Å²) in [5.74, 6) is -0.221. The van der Waals surface area contributed by atoms with Gasteiger partial charge >= 0.3 is 0 Å². The molecule has 2 aliphatic heterocycles. The van der Waals surface area contributed by atoms with Crippen LogP contribution in [0, 0.1) is 0 Å². The molecule has 0 spiro atoms. The normalized spacial score (nSPS) is 18.2. The molecule has 5 rings (SSSR count). The van der Waals surface area contributed by atoms with Gasteiger partial charge in [0.2, 0.25) is 0 Å². The first-order chi connectivity index (χ1) is 14.7. The number of imide groups is 1. The Labute approximate surface area is 180 Å². The second-order valence-corrected chi connectivity index (χ2v) is 8.73. The fourth-order valence-corrected chi connectivity index (χ4v) is 4.90. The highest BCUT2D eigenvalue weighted by atomic mass is 32.2. The third kappa shape index (κ3) is 3.73. The van der Waals surface area contributed by atoms with Crippen molar-refractivity contribution in [2.45, 2.75) is 19.4 Å². The molecule has 2 heterocycles. The van der Waals surface area contributed by atoms with Gasteiger partial charge in [-0.25, -0.2) is 0 Å². The molecule has 0 N–H and O–H groups in total. The quantitative estimate of drug-likeness (QED) is 0.515. The van der Waals surface area contributed by atoms with Gasteiger partial charge in [0.1, 0.15) is 0 Å². The predicted molar refractivity (Wildman–Crippen MR) is 123 cm³/mol. The van der Waals surface area contributed by atoms with Crippen LogP contribution >= 0.6 is 11.8 Å². The van der Waals surface area contributed by atoms with Gasteiger partial charge in [0.15, 0.2) is 0 Å². The van der Waals surface area contributed by atoms with Crippen LogP contribution in [0.25, 0.3) is 16.8 Å². The number of fused-ring (bicyclic) bond motifs is 1. The average Bonchev–Trinajstić information content (AvgIpc) is 3.39. The molecule has 0 atom stereocenters. The van der Waals surface area contributed by atoms with E-state index >= 15 is 0 Å². The summed E-state index contributed by atoms with van der Waals surface area (Å²) in [5.41, 5.74) is 3.11. The average molecular weight is 415 g/mol. The van der Waals surface area contributed by atoms with Gasteiger partial charge in [-0.3, -0.25) is 14.5 Å². The van der Waals surface area contributed by atoms with Crippen LogP contribution in [0.15, 0.2) is 71.6 Å². The SMILES string of the molecule is O=C1S/C(=C\c2ccc(N3CCCC3)cc2)C(=O)N1Cc1ccc2ccccc2c1. The van der Waals surface area contributed by atoms with Crippen molar-refractivity contribution in [1.29, 1.82) is 0 Å². The van der Waals surface area contributed by atoms with Gasteiger partial charge < -0.3 is 4.90 Å². The van der Waals surface area contributed by atoms with E-state index in [4.69, 9.17) is 0 Å². The topological polar surface area (TPSA) is 40.6 Å². The monoisotopic (exact) mass is 414 g/mol. The first-order valence-corrected chi connectivity index (χ1v) is 11.1. The van der Waals surface area contributed by atoms with Gasteiger partial charge in [0.25, 0.3) is 11.1 Å². The highest BCUT2D eigenvalue weighted by Crippen LogP contribution is 2.34. The number of anilines is 1. The minimum absolute atomic E-state index is 0.215. The standard InChI is InChI=1S/C25H22N2O2S/c28-24-23(16-18-8-11-22(12-9-18)26-13-3-4-14-26)30-25(29)27(24)17-19-7-10-20-5-1-2-6-21(20)15-19/h1-2,5-12,15-16H,3-4,13-14,17H2/b23-16-. The molecular weight excluding hydrogens is 392 g/mol. The zero-order chi connectivity index (χ0) is 20.5. The molecule has 30 heavy (non-hydrogen) atoms. The maximum absolute atomic E-state index is 12.9. The minimum atomic E-state index is -0.221. The number of benzene rings is 3. The number of hydrogen-bond donors (Lipinski definition) is 0. The van der Waals surface area contributed by atoms with E-state index in [-0.39, 0.29) is 11.1 Å². The molecule has 0 unspecified atom stereocenters. The molecule has 0 radical (unpaired) electrons. The number of carbonyl (C=O) groups is 2. The summed E-state index contributed by atoms with van der Waals surface area (Å²) < 4.78 is 0. The van der Waals surface area contributed by atoms with Crippen molar-refractivity contribution < 1.29 is 9.59 Å². The summed E-state index contributed by atoms with van der Waals surface area (Å²) in [6, 6.07) is 22.4. The van der Waals surface area contributed by atoms with Crippen molar-refractivity contribution >= 4 is 45.4 Å². The fraction of sp³-hybridized carbons (Fsp3) is 0.200. The molecule has 4 nitrogen and oxygen atoms in total. The molecule has 2 aliphatic rings. The highest BCUT2D eigenvalue weighted by Gasteiger charge is 2.35. The van der Waals surface area contributed by atoms with E-state index < -0.39 is 0 Å². The summed E-state index contributed by atoms with van der Waals surface area (Å²) in [6.07, 6.45) is 4.30. The third-order valence-corrected chi connectivity index (χ3v) is 6.60. The lowest BCUT2D eigenvalue weighted by molar-refractivity contribution is -0.123. The Morgan fingerprint density at radius 1 is 0.867 bits per heavy atom. The van der Waals surface area contributed by atoms with Crippen molar-refractivity contribution in [3.8, 4) is 0 Å². The van der Waals surface area contributed by atoms with Gasteiger partial charge in [-0.1, -0.05) is 48.5 Å². The van der Waals surface area contributed by atoms with Crippen LogP contribution in [0.5, 0.6) is 0 Å². The second kappa shape index (κ2) is 8.00. The molecule has 5 heteroatoms. The number of hydrogen-bond acceptors (Lipinski definition) is 4. The highest BCUT2D eigenvalue weighted by molar-refractivity contribution is 8.18. The molecular formula is C25H22N2O2S. The summed E-state index contributed by atoms with van der Waals surface area (Å²) >= 11 is 1.02. The Bertz CT molecular complexity index is 1150. The molecule has 2 saturated heterocycles. The third-order valence-electron chi connectivity index (χ3n) is 5.69. The van der Waals surface area contributed by atoms with E-state index in [0.29, 0.717) is 11.4 Å². The van der Waals surface area contributed by atoms with Crippen molar-refractivity contribution in [2.24, 2.45) is 0 Å². The molecule has 0 saturated carbocycles. The number of carbonyl (C=O) groups excluding carboxylic acids is 2. The lowest BCUT2D eigenvalue weighted by Gasteiger charge is -2.17. The largest absolute Gasteiger partial charge is 0.372 e. The van der Waals surface area contributed by atoms with Gasteiger partial charge in [0.05, 0.1) is 11.4 Å². The Kier molecular flexibility index (Phi) is 5.05. The van der Waals surface area contributed by atoms with Gasteiger partial charge in [-0.2, -0.15) is 0 Å². The Balaban J connectivity index is 1.33. The van der Waals surface area contributed by atoms with E-state index in [1.54, 1.807) is 0 Å². The van der Waals surface area contributed by atoms with Gasteiger partial charge in [0, 0.05) is 18.8 Å². The number of thioether (sulfide) groups is 1. The second-order valence-electron chi connectivity index (χ2n) is 7.74. The minimum Gasteiger partial charge on any atom is -0.372 e. The maximum atomic E-state index is 12.9. The van der Waals surface area contributed by atoms with Crippen LogP contribution in [0.1, 0.15) is 24.0 Å². The smallest absolute Gasteiger partial charge is 0.293 e. The van der Waals surface area contributed by atoms with Crippen LogP contribution in [-0.4, -0.2) is 29.1 Å². The number of rotatable bonds is 4. The van der Waals surface area contributed by atoms with Crippen molar-refractivity contribution in [3.05, 3.63) is 82.8 Å². The van der Waals surface area contributed by atoms with E-state index in [1.807, 2.05) is 54.6 Å². The van der Waals surface area contributed by atoms with Crippen LogP contribution in [-0.2, 0) is 11.3 Å². The van der Waals surface area contributed by atoms with Crippen LogP contribution in [0.4, 0.5) is 10.5 Å². The summed E-state index contributed by atoms with van der Waals surface area (Å²) in [6.45, 7) is 2.50. The lowest BCUT2D eigenvalue weighted by atomic mass is 10.1. The van der Waals surface area contributed by atoms with E-state index in [9.17, 15) is 9.59 Å². The molecule has 0 aliphatic carbocycles. The molecule has 2 fully saturated rings. The number of amides is 2. The Morgan fingerprint density at radius 2 is 1.60 bits per heavy atom. The Morgan fingerprint density at radius 3 is 2.37 bits per heavy atom. The first kappa shape index (κ1) is 18.9. The number of nitrogens with zero attached hydrogens (tertiary/aromatic N) is 2. The Hall–Kier alpha value is -3.05. The molecule has 0 aromatic heterocycles. The molecule has 3 aromatic carbocycles. The molecule has 2 amide bonds. The summed E-state index contributed by atoms with van der Waals surface area (Å²) in [5, 5.41) is 2.04. The first-order valence-electron chi connectivity index (χ1n) is 10.3. The fourth-order valence-electron chi connectivity index (χ4n) is 4.06. The van der Waals surface area contributed by atoms with Gasteiger partial charge in [-0.15, -0.1) is 0 Å². The maximum Gasteiger partial charge on any atom is 0.293 e. The zero-order valence-corrected chi connectivity index (χ0v) is 17.4. The predicted octanol–water partition coefficient (Wildman–Crippen LogP) is 5.68. The van der Waals surface area contributed by atoms with Crippen molar-refractivity contribution in [1.82, 2.24) is 4.90 Å². The van der Waals surface area contributed by atoms with Gasteiger partial charge in [-0.05, 0) is 70.8 Å². The lowest BCUT2D eigenvalue weighted by Crippen LogP contribution is -2.27. The molecule has 3 aromatic rings. The van der Waals surface area contributed by atoms with Crippen molar-refractivity contribution in [2.75, 3.05) is 18.0 Å². The van der Waals surface area contributed by atoms with Crippen LogP contribution in [0.3, 0.4) is 0 Å². The summed E-state index contributed by atoms with van der Waals surface area (Å²) in [7, 11) is 0. The van der Waals surface area contributed by atoms with Crippen molar-refractivity contribution in [3.63, 3.8) is 0 Å². The van der Waals surface area contributed by atoms with E-state index in [1.165, 1.54) is 23.4 Å². The van der Waals surface area contributed by atoms with E-state index in [0.717, 1.165) is 46.8 Å². The molecule has 0 bridgehead atoms.